The van der Waals surface area contributed by atoms with Crippen molar-refractivity contribution in [2.45, 2.75) is 19.4 Å². The summed E-state index contributed by atoms with van der Waals surface area (Å²) in [5, 5.41) is 9.00. The Hall–Kier alpha value is -2.11. The summed E-state index contributed by atoms with van der Waals surface area (Å²) in [6.45, 7) is 1.73. The van der Waals surface area contributed by atoms with Crippen LogP contribution >= 0.6 is 0 Å². The van der Waals surface area contributed by atoms with Gasteiger partial charge in [-0.25, -0.2) is 4.79 Å². The van der Waals surface area contributed by atoms with E-state index in [-0.39, 0.29) is 0 Å². The van der Waals surface area contributed by atoms with Gasteiger partial charge in [0.2, 0.25) is 11.5 Å². The third kappa shape index (κ3) is 3.21. The summed E-state index contributed by atoms with van der Waals surface area (Å²) in [6, 6.07) is 3.22. The maximum atomic E-state index is 11.0. The molecule has 1 aromatic rings. The Morgan fingerprint density at radius 3 is 2.05 bits per heavy atom. The summed E-state index contributed by atoms with van der Waals surface area (Å²) >= 11 is 0. The van der Waals surface area contributed by atoms with Gasteiger partial charge < -0.3 is 24.1 Å². The molecule has 0 heterocycles. The molecule has 0 aliphatic heterocycles. The number of benzene rings is 1. The lowest BCUT2D eigenvalue weighted by Gasteiger charge is -2.18. The van der Waals surface area contributed by atoms with Crippen LogP contribution in [0.2, 0.25) is 0 Å². The highest BCUT2D eigenvalue weighted by Gasteiger charge is 2.22. The summed E-state index contributed by atoms with van der Waals surface area (Å²) < 4.78 is 21.0. The van der Waals surface area contributed by atoms with Gasteiger partial charge in [-0.1, -0.05) is 6.92 Å². The minimum atomic E-state index is -1.03. The van der Waals surface area contributed by atoms with Crippen molar-refractivity contribution in [1.29, 1.82) is 0 Å². The zero-order chi connectivity index (χ0) is 14.4. The largest absolute Gasteiger partial charge is 0.493 e. The standard InChI is InChI=1S/C13H18O6/c1-5-8(13(14)15)19-10-7-6-9(16-2)11(17-3)12(10)18-4/h6-8H,5H2,1-4H3,(H,14,15). The zero-order valence-electron chi connectivity index (χ0n) is 11.4. The lowest BCUT2D eigenvalue weighted by atomic mass is 10.2. The molecular weight excluding hydrogens is 252 g/mol. The smallest absolute Gasteiger partial charge is 0.344 e. The molecule has 1 N–H and O–H groups in total. The second-order valence-electron chi connectivity index (χ2n) is 3.69. The predicted molar refractivity (Wildman–Crippen MR) is 68.4 cm³/mol. The Labute approximate surface area is 111 Å². The molecule has 1 unspecified atom stereocenters. The second-order valence-corrected chi connectivity index (χ2v) is 3.69. The number of hydrogen-bond donors (Lipinski definition) is 1. The van der Waals surface area contributed by atoms with Crippen molar-refractivity contribution in [3.8, 4) is 23.0 Å². The lowest BCUT2D eigenvalue weighted by Crippen LogP contribution is -2.26. The third-order valence-electron chi connectivity index (χ3n) is 2.58. The first-order chi connectivity index (χ1) is 9.08. The van der Waals surface area contributed by atoms with Crippen LogP contribution in [-0.2, 0) is 4.79 Å². The molecule has 0 saturated carbocycles. The molecule has 0 fully saturated rings. The van der Waals surface area contributed by atoms with Crippen LogP contribution in [0.15, 0.2) is 12.1 Å². The van der Waals surface area contributed by atoms with Gasteiger partial charge in [0.1, 0.15) is 0 Å². The van der Waals surface area contributed by atoms with E-state index < -0.39 is 12.1 Å². The van der Waals surface area contributed by atoms with Crippen LogP contribution < -0.4 is 18.9 Å². The van der Waals surface area contributed by atoms with E-state index in [1.807, 2.05) is 0 Å². The molecule has 1 atom stereocenters. The summed E-state index contributed by atoms with van der Waals surface area (Å²) in [7, 11) is 4.43. The van der Waals surface area contributed by atoms with Crippen LogP contribution in [0.5, 0.6) is 23.0 Å². The highest BCUT2D eigenvalue weighted by molar-refractivity contribution is 5.73. The summed E-state index contributed by atoms with van der Waals surface area (Å²) in [5.74, 6) is 0.424. The van der Waals surface area contributed by atoms with E-state index >= 15 is 0 Å². The van der Waals surface area contributed by atoms with Crippen molar-refractivity contribution < 1.29 is 28.8 Å². The van der Waals surface area contributed by atoms with Gasteiger partial charge in [0.05, 0.1) is 21.3 Å². The topological polar surface area (TPSA) is 74.2 Å². The van der Waals surface area contributed by atoms with E-state index in [9.17, 15) is 4.79 Å². The Balaban J connectivity index is 3.17. The Morgan fingerprint density at radius 2 is 1.63 bits per heavy atom. The van der Waals surface area contributed by atoms with Crippen molar-refractivity contribution in [2.75, 3.05) is 21.3 Å². The Morgan fingerprint density at radius 1 is 1.11 bits per heavy atom. The van der Waals surface area contributed by atoms with E-state index in [1.165, 1.54) is 21.3 Å². The number of methoxy groups -OCH3 is 3. The van der Waals surface area contributed by atoms with Crippen LogP contribution in [0.4, 0.5) is 0 Å². The molecule has 0 aliphatic carbocycles. The van der Waals surface area contributed by atoms with Gasteiger partial charge >= 0.3 is 5.97 Å². The number of aliphatic carboxylic acids is 1. The second kappa shape index (κ2) is 6.72. The van der Waals surface area contributed by atoms with E-state index in [2.05, 4.69) is 0 Å². The molecule has 0 aromatic heterocycles. The van der Waals surface area contributed by atoms with E-state index in [0.717, 1.165) is 0 Å². The fourth-order valence-electron chi connectivity index (χ4n) is 1.63. The molecular formula is C13H18O6. The summed E-state index contributed by atoms with van der Waals surface area (Å²) in [6.07, 6.45) is -0.598. The highest BCUT2D eigenvalue weighted by atomic mass is 16.6. The first kappa shape index (κ1) is 14.9. The molecule has 0 bridgehead atoms. The van der Waals surface area contributed by atoms with E-state index in [0.29, 0.717) is 29.4 Å². The SMILES string of the molecule is CCC(Oc1ccc(OC)c(OC)c1OC)C(=O)O. The van der Waals surface area contributed by atoms with Crippen LogP contribution in [0.3, 0.4) is 0 Å². The lowest BCUT2D eigenvalue weighted by molar-refractivity contribution is -0.145. The van der Waals surface area contributed by atoms with Crippen LogP contribution in [-0.4, -0.2) is 38.5 Å². The molecule has 0 aliphatic rings. The van der Waals surface area contributed by atoms with Gasteiger partial charge in [0.15, 0.2) is 17.6 Å². The fourth-order valence-corrected chi connectivity index (χ4v) is 1.63. The summed E-state index contributed by atoms with van der Waals surface area (Å²) in [5.41, 5.74) is 0. The first-order valence-corrected chi connectivity index (χ1v) is 5.77. The monoisotopic (exact) mass is 270 g/mol. The van der Waals surface area contributed by atoms with Crippen molar-refractivity contribution in [2.24, 2.45) is 0 Å². The molecule has 6 heteroatoms. The minimum absolute atomic E-state index is 0.300. The molecule has 0 radical (unpaired) electrons. The van der Waals surface area contributed by atoms with Gasteiger partial charge in [-0.2, -0.15) is 0 Å². The van der Waals surface area contributed by atoms with Crippen LogP contribution in [0, 0.1) is 0 Å². The minimum Gasteiger partial charge on any atom is -0.493 e. The van der Waals surface area contributed by atoms with Gasteiger partial charge in [-0.3, -0.25) is 0 Å². The van der Waals surface area contributed by atoms with Gasteiger partial charge in [0.25, 0.3) is 0 Å². The molecule has 1 rings (SSSR count). The molecule has 1 aromatic carbocycles. The van der Waals surface area contributed by atoms with E-state index in [4.69, 9.17) is 24.1 Å². The van der Waals surface area contributed by atoms with Crippen LogP contribution in [0.25, 0.3) is 0 Å². The summed E-state index contributed by atoms with van der Waals surface area (Å²) in [4.78, 5) is 11.0. The maximum Gasteiger partial charge on any atom is 0.344 e. The predicted octanol–water partition coefficient (Wildman–Crippen LogP) is 1.95. The number of carbonyl (C=O) groups is 1. The fraction of sp³-hybridized carbons (Fsp3) is 0.462. The number of rotatable bonds is 7. The Kier molecular flexibility index (Phi) is 5.29. The maximum absolute atomic E-state index is 11.0. The molecule has 0 spiro atoms. The van der Waals surface area contributed by atoms with Crippen molar-refractivity contribution in [3.05, 3.63) is 12.1 Å². The highest BCUT2D eigenvalue weighted by Crippen LogP contribution is 2.44. The average molecular weight is 270 g/mol. The quantitative estimate of drug-likeness (QED) is 0.816. The number of ether oxygens (including phenoxy) is 4. The van der Waals surface area contributed by atoms with Crippen molar-refractivity contribution >= 4 is 5.97 Å². The Bertz CT molecular complexity index is 443. The first-order valence-electron chi connectivity index (χ1n) is 5.77. The van der Waals surface area contributed by atoms with Crippen LogP contribution in [0.1, 0.15) is 13.3 Å². The van der Waals surface area contributed by atoms with Gasteiger partial charge in [-0.15, -0.1) is 0 Å². The molecule has 6 nitrogen and oxygen atoms in total. The van der Waals surface area contributed by atoms with Gasteiger partial charge in [0, 0.05) is 0 Å². The molecule has 106 valence electrons. The number of hydrogen-bond acceptors (Lipinski definition) is 5. The molecule has 0 amide bonds. The third-order valence-corrected chi connectivity index (χ3v) is 2.58. The zero-order valence-corrected chi connectivity index (χ0v) is 11.4. The number of carboxylic acids is 1. The molecule has 0 saturated heterocycles. The van der Waals surface area contributed by atoms with Gasteiger partial charge in [-0.05, 0) is 18.6 Å². The average Bonchev–Trinajstić information content (AvgIpc) is 2.42. The normalized spacial score (nSPS) is 11.6. The van der Waals surface area contributed by atoms with Crippen molar-refractivity contribution in [3.63, 3.8) is 0 Å². The number of carboxylic acid groups (broad SMARTS) is 1. The van der Waals surface area contributed by atoms with Crippen molar-refractivity contribution in [1.82, 2.24) is 0 Å². The van der Waals surface area contributed by atoms with E-state index in [1.54, 1.807) is 19.1 Å². The molecule has 19 heavy (non-hydrogen) atoms.